The average molecular weight is 407 g/mol. The van der Waals surface area contributed by atoms with Crippen molar-refractivity contribution < 1.29 is 0 Å². The van der Waals surface area contributed by atoms with Crippen LogP contribution in [0.3, 0.4) is 0 Å². The number of nitrogen functional groups attached to an aromatic ring is 1. The lowest BCUT2D eigenvalue weighted by Gasteiger charge is -2.19. The molecule has 0 unspecified atom stereocenters. The maximum Gasteiger partial charge on any atom is 0.0313 e. The van der Waals surface area contributed by atoms with E-state index in [4.69, 9.17) is 5.73 Å². The first kappa shape index (κ1) is 25.9. The number of nitrogens with two attached hydrogens (primary N) is 2. The Morgan fingerprint density at radius 3 is 1.78 bits per heavy atom. The minimum absolute atomic E-state index is 0.822. The summed E-state index contributed by atoms with van der Waals surface area (Å²) in [5, 5.41) is 0. The molecule has 0 aliphatic heterocycles. The van der Waals surface area contributed by atoms with Gasteiger partial charge in [-0.25, -0.2) is 0 Å². The maximum absolute atomic E-state index is 5.36. The summed E-state index contributed by atoms with van der Waals surface area (Å²) in [7, 11) is 1.50. The molecule has 152 valence electrons. The van der Waals surface area contributed by atoms with Crippen molar-refractivity contribution in [2.75, 3.05) is 30.5 Å². The van der Waals surface area contributed by atoms with Gasteiger partial charge in [0.1, 0.15) is 0 Å². The highest BCUT2D eigenvalue weighted by Crippen LogP contribution is 2.25. The highest BCUT2D eigenvalue weighted by Gasteiger charge is 2.11. The topological polar surface area (TPSA) is 52.0 Å². The van der Waals surface area contributed by atoms with Crippen LogP contribution in [0.1, 0.15) is 39.0 Å². The number of benzene rings is 2. The van der Waals surface area contributed by atoms with Crippen LogP contribution in [0.15, 0.2) is 65.6 Å². The monoisotopic (exact) mass is 406 g/mol. The van der Waals surface area contributed by atoms with Crippen molar-refractivity contribution >= 4 is 29.2 Å². The van der Waals surface area contributed by atoms with Gasteiger partial charge in [0.2, 0.25) is 0 Å². The van der Waals surface area contributed by atoms with E-state index >= 15 is 0 Å². The van der Waals surface area contributed by atoms with E-state index in [9.17, 15) is 0 Å². The molecule has 0 bridgehead atoms. The SMILES string of the molecule is CCSc1ccccc1.CN.CSCC1CCCCC1.Nc1ccccc1. The number of anilines is 1. The minimum atomic E-state index is 0.822. The summed E-state index contributed by atoms with van der Waals surface area (Å²) in [6.45, 7) is 2.16. The summed E-state index contributed by atoms with van der Waals surface area (Å²) in [5.74, 6) is 3.62. The highest BCUT2D eigenvalue weighted by atomic mass is 32.2. The zero-order valence-corrected chi connectivity index (χ0v) is 18.9. The van der Waals surface area contributed by atoms with Gasteiger partial charge in [0.05, 0.1) is 0 Å². The number of hydrogen-bond donors (Lipinski definition) is 2. The van der Waals surface area contributed by atoms with Crippen molar-refractivity contribution in [1.29, 1.82) is 0 Å². The van der Waals surface area contributed by atoms with Gasteiger partial charge in [-0.05, 0) is 67.8 Å². The molecule has 2 aromatic rings. The second-order valence-electron chi connectivity index (χ2n) is 6.12. The molecule has 1 aliphatic carbocycles. The quantitative estimate of drug-likeness (QED) is 0.445. The van der Waals surface area contributed by atoms with Crippen LogP contribution in [-0.4, -0.2) is 24.8 Å². The van der Waals surface area contributed by atoms with E-state index in [1.165, 1.54) is 49.8 Å². The zero-order valence-electron chi connectivity index (χ0n) is 17.3. The van der Waals surface area contributed by atoms with Crippen LogP contribution in [0.2, 0.25) is 0 Å². The maximum atomic E-state index is 5.36. The highest BCUT2D eigenvalue weighted by molar-refractivity contribution is 7.99. The van der Waals surface area contributed by atoms with Crippen molar-refractivity contribution in [1.82, 2.24) is 0 Å². The van der Waals surface area contributed by atoms with E-state index in [0.29, 0.717) is 0 Å². The van der Waals surface area contributed by atoms with Gasteiger partial charge >= 0.3 is 0 Å². The fourth-order valence-electron chi connectivity index (χ4n) is 2.73. The number of hydrogen-bond acceptors (Lipinski definition) is 4. The molecule has 0 radical (unpaired) electrons. The molecule has 4 N–H and O–H groups in total. The molecule has 1 fully saturated rings. The Morgan fingerprint density at radius 1 is 0.852 bits per heavy atom. The van der Waals surface area contributed by atoms with Crippen LogP contribution in [-0.2, 0) is 0 Å². The third-order valence-corrected chi connectivity index (χ3v) is 5.68. The lowest BCUT2D eigenvalue weighted by molar-refractivity contribution is 0.391. The largest absolute Gasteiger partial charge is 0.399 e. The van der Waals surface area contributed by atoms with Crippen molar-refractivity contribution in [3.8, 4) is 0 Å². The Bertz CT molecular complexity index is 512. The molecule has 0 aromatic heterocycles. The Kier molecular flexibility index (Phi) is 18.9. The molecule has 0 atom stereocenters. The van der Waals surface area contributed by atoms with Crippen molar-refractivity contribution in [2.45, 2.75) is 43.9 Å². The molecular formula is C23H38N2S2. The first-order valence-corrected chi connectivity index (χ1v) is 12.2. The standard InChI is InChI=1S/C8H16S.C8H10S.C6H7N.CH5N/c1-9-7-8-5-3-2-4-6-8;1-2-9-8-6-4-3-5-7-8;7-6-4-2-1-3-5-6;1-2/h8H,2-7H2,1H3;3-7H,2H2,1H3;1-5H,7H2;2H2,1H3. The van der Waals surface area contributed by atoms with Gasteiger partial charge in [-0.3, -0.25) is 0 Å². The van der Waals surface area contributed by atoms with Crippen molar-refractivity contribution in [2.24, 2.45) is 11.7 Å². The van der Waals surface area contributed by atoms with Gasteiger partial charge < -0.3 is 11.5 Å². The second kappa shape index (κ2) is 19.7. The van der Waals surface area contributed by atoms with Gasteiger partial charge in [0.25, 0.3) is 0 Å². The second-order valence-corrected chi connectivity index (χ2v) is 8.36. The summed E-state index contributed by atoms with van der Waals surface area (Å²) >= 11 is 3.88. The third kappa shape index (κ3) is 15.6. The van der Waals surface area contributed by atoms with Gasteiger partial charge in [0, 0.05) is 10.6 Å². The molecule has 2 nitrogen and oxygen atoms in total. The Balaban J connectivity index is 0.000000361. The van der Waals surface area contributed by atoms with E-state index in [-0.39, 0.29) is 0 Å². The molecule has 0 saturated heterocycles. The van der Waals surface area contributed by atoms with Gasteiger partial charge in [-0.15, -0.1) is 11.8 Å². The van der Waals surface area contributed by atoms with E-state index in [2.05, 4.69) is 43.2 Å². The molecule has 1 saturated carbocycles. The van der Waals surface area contributed by atoms with Gasteiger partial charge in [0.15, 0.2) is 0 Å². The first-order valence-electron chi connectivity index (χ1n) is 9.81. The van der Waals surface area contributed by atoms with Crippen LogP contribution in [0.25, 0.3) is 0 Å². The zero-order chi connectivity index (χ0) is 20.2. The lowest BCUT2D eigenvalue weighted by atomic mass is 9.91. The van der Waals surface area contributed by atoms with Crippen molar-refractivity contribution in [3.05, 3.63) is 60.7 Å². The minimum Gasteiger partial charge on any atom is -0.399 e. The molecule has 3 rings (SSSR count). The fraction of sp³-hybridized carbons (Fsp3) is 0.478. The van der Waals surface area contributed by atoms with E-state index in [0.717, 1.165) is 17.4 Å². The van der Waals surface area contributed by atoms with E-state index < -0.39 is 0 Å². The number of thioether (sulfide) groups is 2. The lowest BCUT2D eigenvalue weighted by Crippen LogP contribution is -2.07. The Morgan fingerprint density at radius 2 is 1.37 bits per heavy atom. The number of para-hydroxylation sites is 1. The average Bonchev–Trinajstić information content (AvgIpc) is 2.73. The van der Waals surface area contributed by atoms with Crippen LogP contribution >= 0.6 is 23.5 Å². The summed E-state index contributed by atoms with van der Waals surface area (Å²) in [6, 6.07) is 19.9. The number of rotatable bonds is 4. The van der Waals surface area contributed by atoms with E-state index in [1.807, 2.05) is 59.9 Å². The molecule has 1 aliphatic rings. The third-order valence-electron chi connectivity index (χ3n) is 3.98. The predicted molar refractivity (Wildman–Crippen MR) is 129 cm³/mol. The fourth-order valence-corrected chi connectivity index (χ4v) is 4.21. The molecule has 4 heteroatoms. The predicted octanol–water partition coefficient (Wildman–Crippen LogP) is 6.57. The van der Waals surface area contributed by atoms with Crippen molar-refractivity contribution in [3.63, 3.8) is 0 Å². The first-order chi connectivity index (χ1) is 13.3. The van der Waals surface area contributed by atoms with E-state index in [1.54, 1.807) is 0 Å². The molecule has 27 heavy (non-hydrogen) atoms. The molecule has 0 spiro atoms. The smallest absolute Gasteiger partial charge is 0.0313 e. The summed E-state index contributed by atoms with van der Waals surface area (Å²) in [6.07, 6.45) is 9.69. The molecule has 0 heterocycles. The van der Waals surface area contributed by atoms with Crippen LogP contribution in [0, 0.1) is 5.92 Å². The normalized spacial score (nSPS) is 13.0. The molecular weight excluding hydrogens is 368 g/mol. The summed E-state index contributed by atoms with van der Waals surface area (Å²) in [4.78, 5) is 1.36. The van der Waals surface area contributed by atoms with Crippen LogP contribution in [0.5, 0.6) is 0 Å². The van der Waals surface area contributed by atoms with Gasteiger partial charge in [-0.1, -0.05) is 62.6 Å². The molecule has 2 aromatic carbocycles. The van der Waals surface area contributed by atoms with Gasteiger partial charge in [-0.2, -0.15) is 11.8 Å². The van der Waals surface area contributed by atoms with Crippen LogP contribution in [0.4, 0.5) is 5.69 Å². The Labute approximate surface area is 175 Å². The Hall–Kier alpha value is -1.10. The molecule has 0 amide bonds. The summed E-state index contributed by atoms with van der Waals surface area (Å²) in [5.41, 5.74) is 10.7. The summed E-state index contributed by atoms with van der Waals surface area (Å²) < 4.78 is 0. The van der Waals surface area contributed by atoms with Crippen LogP contribution < -0.4 is 11.5 Å².